The Hall–Kier alpha value is -2.69. The first-order valence-electron chi connectivity index (χ1n) is 10.1. The Balaban J connectivity index is 1.68. The summed E-state index contributed by atoms with van der Waals surface area (Å²) in [6.07, 6.45) is 0.874. The molecule has 28 heavy (non-hydrogen) atoms. The Morgan fingerprint density at radius 2 is 1.71 bits per heavy atom. The van der Waals surface area contributed by atoms with Gasteiger partial charge in [0.05, 0.1) is 19.3 Å². The van der Waals surface area contributed by atoms with Gasteiger partial charge in [-0.1, -0.05) is 6.07 Å². The van der Waals surface area contributed by atoms with Crippen LogP contribution in [0.4, 0.5) is 5.69 Å². The van der Waals surface area contributed by atoms with Crippen molar-refractivity contribution in [2.24, 2.45) is 0 Å². The fraction of sp³-hybridized carbons (Fsp3) is 0.435. The molecule has 0 radical (unpaired) electrons. The Kier molecular flexibility index (Phi) is 6.45. The molecular weight excluding hydrogens is 352 g/mol. The molecule has 150 valence electrons. The summed E-state index contributed by atoms with van der Waals surface area (Å²) in [5, 5.41) is 3.07. The maximum absolute atomic E-state index is 12.7. The Morgan fingerprint density at radius 3 is 2.36 bits per heavy atom. The lowest BCUT2D eigenvalue weighted by molar-refractivity contribution is 0.0940. The lowest BCUT2D eigenvalue weighted by Crippen LogP contribution is -2.30. The number of nitrogens with zero attached hydrogens (tertiary/aromatic N) is 1. The number of rotatable bonds is 6. The zero-order valence-corrected chi connectivity index (χ0v) is 17.2. The van der Waals surface area contributed by atoms with Crippen LogP contribution >= 0.6 is 0 Å². The summed E-state index contributed by atoms with van der Waals surface area (Å²) in [7, 11) is 0. The summed E-state index contributed by atoms with van der Waals surface area (Å²) in [4.78, 5) is 15.0. The number of carbonyl (C=O) groups excluding carboxylic acids is 1. The van der Waals surface area contributed by atoms with Crippen LogP contribution in [-0.2, 0) is 0 Å². The van der Waals surface area contributed by atoms with Gasteiger partial charge in [-0.2, -0.15) is 0 Å². The van der Waals surface area contributed by atoms with Crippen molar-refractivity contribution in [1.29, 1.82) is 0 Å². The largest absolute Gasteiger partial charge is 0.490 e. The van der Waals surface area contributed by atoms with E-state index in [1.807, 2.05) is 49.4 Å². The highest BCUT2D eigenvalue weighted by molar-refractivity contribution is 5.94. The molecule has 5 heteroatoms. The zero-order valence-electron chi connectivity index (χ0n) is 17.2. The number of anilines is 1. The van der Waals surface area contributed by atoms with Crippen LogP contribution in [0.15, 0.2) is 42.5 Å². The van der Waals surface area contributed by atoms with Gasteiger partial charge >= 0.3 is 0 Å². The predicted octanol–water partition coefficient (Wildman–Crippen LogP) is 4.57. The molecule has 2 aromatic rings. The number of carbonyl (C=O) groups is 1. The van der Waals surface area contributed by atoms with E-state index >= 15 is 0 Å². The maximum Gasteiger partial charge on any atom is 0.251 e. The van der Waals surface area contributed by atoms with Crippen molar-refractivity contribution in [2.45, 2.75) is 46.2 Å². The minimum Gasteiger partial charge on any atom is -0.490 e. The van der Waals surface area contributed by atoms with E-state index < -0.39 is 0 Å². The van der Waals surface area contributed by atoms with Crippen LogP contribution in [0.1, 0.15) is 56.1 Å². The molecule has 1 amide bonds. The lowest BCUT2D eigenvalue weighted by Gasteiger charge is -2.27. The van der Waals surface area contributed by atoms with E-state index in [0.717, 1.165) is 35.7 Å². The van der Waals surface area contributed by atoms with Gasteiger partial charge in [0, 0.05) is 30.3 Å². The van der Waals surface area contributed by atoms with Gasteiger partial charge in [-0.25, -0.2) is 0 Å². The molecule has 0 aliphatic carbocycles. The van der Waals surface area contributed by atoms with Crippen molar-refractivity contribution >= 4 is 11.6 Å². The quantitative estimate of drug-likeness (QED) is 0.795. The summed E-state index contributed by atoms with van der Waals surface area (Å²) >= 11 is 0. The van der Waals surface area contributed by atoms with Crippen molar-refractivity contribution in [3.05, 3.63) is 53.6 Å². The summed E-state index contributed by atoms with van der Waals surface area (Å²) in [6.45, 7) is 10.7. The number of nitrogens with one attached hydrogen (secondary N) is 1. The second-order valence-corrected chi connectivity index (χ2v) is 7.38. The highest BCUT2D eigenvalue weighted by Gasteiger charge is 2.16. The molecule has 0 spiro atoms. The predicted molar refractivity (Wildman–Crippen MR) is 113 cm³/mol. The molecule has 1 atom stereocenters. The van der Waals surface area contributed by atoms with Crippen LogP contribution in [0.2, 0.25) is 0 Å². The molecule has 2 aromatic carbocycles. The number of amides is 1. The lowest BCUT2D eigenvalue weighted by atomic mass is 10.1. The van der Waals surface area contributed by atoms with Crippen molar-refractivity contribution in [1.82, 2.24) is 5.32 Å². The normalized spacial score (nSPS) is 14.3. The van der Waals surface area contributed by atoms with Crippen LogP contribution in [0.3, 0.4) is 0 Å². The Labute approximate surface area is 167 Å². The van der Waals surface area contributed by atoms with Crippen LogP contribution in [0, 0.1) is 0 Å². The second-order valence-electron chi connectivity index (χ2n) is 7.38. The fourth-order valence-electron chi connectivity index (χ4n) is 3.46. The van der Waals surface area contributed by atoms with Gasteiger partial charge in [-0.05, 0) is 69.7 Å². The topological polar surface area (TPSA) is 50.8 Å². The number of benzene rings is 2. The molecule has 1 N–H and O–H groups in total. The van der Waals surface area contributed by atoms with E-state index in [2.05, 4.69) is 31.0 Å². The average molecular weight is 383 g/mol. The van der Waals surface area contributed by atoms with E-state index in [4.69, 9.17) is 9.47 Å². The standard InChI is InChI=1S/C23H30N2O3/c1-5-25(16(2)3)20-10-7-18(8-11-20)23(26)24-17(4)19-9-12-21-22(15-19)28-14-6-13-27-21/h7-12,15-17H,5-6,13-14H2,1-4H3,(H,24,26). The first-order valence-corrected chi connectivity index (χ1v) is 10.1. The van der Waals surface area contributed by atoms with E-state index in [1.54, 1.807) is 0 Å². The van der Waals surface area contributed by atoms with Crippen molar-refractivity contribution < 1.29 is 14.3 Å². The van der Waals surface area contributed by atoms with Gasteiger partial charge in [-0.15, -0.1) is 0 Å². The smallest absolute Gasteiger partial charge is 0.251 e. The van der Waals surface area contributed by atoms with Gasteiger partial charge in [0.25, 0.3) is 5.91 Å². The van der Waals surface area contributed by atoms with Crippen molar-refractivity contribution in [2.75, 3.05) is 24.7 Å². The number of fused-ring (bicyclic) bond motifs is 1. The fourth-order valence-corrected chi connectivity index (χ4v) is 3.46. The molecule has 5 nitrogen and oxygen atoms in total. The van der Waals surface area contributed by atoms with Crippen molar-refractivity contribution in [3.8, 4) is 11.5 Å². The second kappa shape index (κ2) is 9.00. The number of hydrogen-bond acceptors (Lipinski definition) is 4. The molecule has 3 rings (SSSR count). The average Bonchev–Trinajstić information content (AvgIpc) is 2.93. The minimum absolute atomic E-state index is 0.0845. The molecule has 0 saturated heterocycles. The molecule has 0 fully saturated rings. The molecule has 1 aliphatic rings. The maximum atomic E-state index is 12.7. The van der Waals surface area contributed by atoms with E-state index in [1.165, 1.54) is 0 Å². The SMILES string of the molecule is CCN(c1ccc(C(=O)NC(C)c2ccc3c(c2)OCCCO3)cc1)C(C)C. The summed E-state index contributed by atoms with van der Waals surface area (Å²) < 4.78 is 11.4. The molecule has 0 saturated carbocycles. The zero-order chi connectivity index (χ0) is 20.1. The van der Waals surface area contributed by atoms with E-state index in [0.29, 0.717) is 24.8 Å². The third-order valence-corrected chi connectivity index (χ3v) is 5.04. The van der Waals surface area contributed by atoms with Crippen LogP contribution in [0.5, 0.6) is 11.5 Å². The highest BCUT2D eigenvalue weighted by atomic mass is 16.5. The molecule has 1 aliphatic heterocycles. The third kappa shape index (κ3) is 4.58. The van der Waals surface area contributed by atoms with Crippen LogP contribution < -0.4 is 19.7 Å². The first kappa shape index (κ1) is 20.1. The third-order valence-electron chi connectivity index (χ3n) is 5.04. The molecule has 0 aromatic heterocycles. The highest BCUT2D eigenvalue weighted by Crippen LogP contribution is 2.32. The molecule has 0 bridgehead atoms. The Morgan fingerprint density at radius 1 is 1.04 bits per heavy atom. The van der Waals surface area contributed by atoms with Crippen LogP contribution in [0.25, 0.3) is 0 Å². The summed E-state index contributed by atoms with van der Waals surface area (Å²) in [5.74, 6) is 1.42. The monoisotopic (exact) mass is 382 g/mol. The van der Waals surface area contributed by atoms with Gasteiger partial charge in [-0.3, -0.25) is 4.79 Å². The van der Waals surface area contributed by atoms with Crippen molar-refractivity contribution in [3.63, 3.8) is 0 Å². The van der Waals surface area contributed by atoms with Gasteiger partial charge < -0.3 is 19.7 Å². The molecule has 1 unspecified atom stereocenters. The molecule has 1 heterocycles. The van der Waals surface area contributed by atoms with E-state index in [9.17, 15) is 4.79 Å². The van der Waals surface area contributed by atoms with Gasteiger partial charge in [0.1, 0.15) is 0 Å². The minimum atomic E-state index is -0.132. The Bertz CT molecular complexity index is 802. The number of ether oxygens (including phenoxy) is 2. The van der Waals surface area contributed by atoms with E-state index in [-0.39, 0.29) is 11.9 Å². The van der Waals surface area contributed by atoms with Gasteiger partial charge in [0.2, 0.25) is 0 Å². The first-order chi connectivity index (χ1) is 13.5. The molecular formula is C23H30N2O3. The summed E-state index contributed by atoms with van der Waals surface area (Å²) in [6, 6.07) is 13.9. The summed E-state index contributed by atoms with van der Waals surface area (Å²) in [5.41, 5.74) is 2.78. The van der Waals surface area contributed by atoms with Gasteiger partial charge in [0.15, 0.2) is 11.5 Å². The number of hydrogen-bond donors (Lipinski definition) is 1. The van der Waals surface area contributed by atoms with Crippen LogP contribution in [-0.4, -0.2) is 31.7 Å².